The van der Waals surface area contributed by atoms with Gasteiger partial charge in [0, 0.05) is 43.3 Å². The van der Waals surface area contributed by atoms with Crippen LogP contribution in [0.2, 0.25) is 0 Å². The summed E-state index contributed by atoms with van der Waals surface area (Å²) in [6.07, 6.45) is 3.34. The van der Waals surface area contributed by atoms with Gasteiger partial charge in [-0.25, -0.2) is 9.78 Å². The molecule has 1 saturated heterocycles. The van der Waals surface area contributed by atoms with Gasteiger partial charge < -0.3 is 14.9 Å². The highest BCUT2D eigenvalue weighted by molar-refractivity contribution is 6.01. The van der Waals surface area contributed by atoms with Crippen LogP contribution in [0.1, 0.15) is 12.8 Å². The lowest BCUT2D eigenvalue weighted by atomic mass is 10.1. The molecule has 0 spiro atoms. The Morgan fingerprint density at radius 2 is 2.14 bits per heavy atom. The molecule has 2 aromatic rings. The van der Waals surface area contributed by atoms with Gasteiger partial charge in [-0.15, -0.1) is 0 Å². The van der Waals surface area contributed by atoms with Gasteiger partial charge in [0.1, 0.15) is 11.9 Å². The Morgan fingerprint density at radius 1 is 1.33 bits per heavy atom. The van der Waals surface area contributed by atoms with Gasteiger partial charge in [-0.2, -0.15) is 0 Å². The van der Waals surface area contributed by atoms with Crippen molar-refractivity contribution in [3.63, 3.8) is 0 Å². The molecule has 1 atom stereocenters. The quantitative estimate of drug-likeness (QED) is 0.938. The molecule has 0 saturated carbocycles. The third-order valence-electron chi connectivity index (χ3n) is 4.05. The standard InChI is InChI=1S/C16H19N3O2/c1-18(2)13-6-3-5-12-11(13)8-9-17-15(12)19-10-4-7-14(19)16(20)21/h3,5-6,8-9,14H,4,7,10H2,1-2H3,(H,20,21). The Hall–Kier alpha value is -2.30. The summed E-state index contributed by atoms with van der Waals surface area (Å²) in [7, 11) is 4.01. The highest BCUT2D eigenvalue weighted by Crippen LogP contribution is 2.34. The lowest BCUT2D eigenvalue weighted by Gasteiger charge is -2.25. The van der Waals surface area contributed by atoms with Gasteiger partial charge in [-0.05, 0) is 25.0 Å². The van der Waals surface area contributed by atoms with Crippen LogP contribution >= 0.6 is 0 Å². The third kappa shape index (κ3) is 2.28. The lowest BCUT2D eigenvalue weighted by Crippen LogP contribution is -2.36. The van der Waals surface area contributed by atoms with Crippen LogP contribution in [0.15, 0.2) is 30.5 Å². The summed E-state index contributed by atoms with van der Waals surface area (Å²) >= 11 is 0. The summed E-state index contributed by atoms with van der Waals surface area (Å²) in [4.78, 5) is 19.9. The Morgan fingerprint density at radius 3 is 2.86 bits per heavy atom. The summed E-state index contributed by atoms with van der Waals surface area (Å²) < 4.78 is 0. The zero-order valence-corrected chi connectivity index (χ0v) is 12.3. The van der Waals surface area contributed by atoms with Crippen molar-refractivity contribution in [1.82, 2.24) is 4.98 Å². The second-order valence-electron chi connectivity index (χ2n) is 5.59. The molecule has 0 radical (unpaired) electrons. The van der Waals surface area contributed by atoms with E-state index in [1.807, 2.05) is 37.2 Å². The number of fused-ring (bicyclic) bond motifs is 1. The van der Waals surface area contributed by atoms with Gasteiger partial charge in [0.15, 0.2) is 0 Å². The summed E-state index contributed by atoms with van der Waals surface area (Å²) in [6, 6.07) is 7.59. The number of hydrogen-bond acceptors (Lipinski definition) is 4. The number of carboxylic acids is 1. The van der Waals surface area contributed by atoms with Gasteiger partial charge in [0.05, 0.1) is 0 Å². The van der Waals surface area contributed by atoms with Crippen molar-refractivity contribution in [2.45, 2.75) is 18.9 Å². The number of hydrogen-bond donors (Lipinski definition) is 1. The Kier molecular flexibility index (Phi) is 3.41. The summed E-state index contributed by atoms with van der Waals surface area (Å²) in [5, 5.41) is 11.5. The molecule has 0 bridgehead atoms. The number of rotatable bonds is 3. The number of anilines is 2. The molecule has 3 rings (SSSR count). The number of nitrogens with zero attached hydrogens (tertiary/aromatic N) is 3. The monoisotopic (exact) mass is 285 g/mol. The molecule has 110 valence electrons. The van der Waals surface area contributed by atoms with Crippen LogP contribution in [0.3, 0.4) is 0 Å². The summed E-state index contributed by atoms with van der Waals surface area (Å²) in [5.74, 6) is 0.0103. The molecule has 1 aromatic carbocycles. The molecule has 2 heterocycles. The van der Waals surface area contributed by atoms with Crippen molar-refractivity contribution in [1.29, 1.82) is 0 Å². The van der Waals surface area contributed by atoms with Crippen molar-refractivity contribution in [3.05, 3.63) is 30.5 Å². The number of benzene rings is 1. The van der Waals surface area contributed by atoms with Crippen molar-refractivity contribution in [3.8, 4) is 0 Å². The van der Waals surface area contributed by atoms with Crippen molar-refractivity contribution in [2.75, 3.05) is 30.4 Å². The van der Waals surface area contributed by atoms with E-state index in [2.05, 4.69) is 16.0 Å². The minimum atomic E-state index is -0.768. The van der Waals surface area contributed by atoms with Crippen LogP contribution < -0.4 is 9.80 Å². The molecule has 1 fully saturated rings. The fourth-order valence-electron chi connectivity index (χ4n) is 3.07. The van der Waals surface area contributed by atoms with E-state index in [0.29, 0.717) is 6.42 Å². The minimum absolute atomic E-state index is 0.467. The molecule has 1 aromatic heterocycles. The first-order valence-electron chi connectivity index (χ1n) is 7.14. The fraction of sp³-hybridized carbons (Fsp3) is 0.375. The predicted octanol–water partition coefficient (Wildman–Crippen LogP) is 2.35. The van der Waals surface area contributed by atoms with E-state index in [4.69, 9.17) is 0 Å². The second-order valence-corrected chi connectivity index (χ2v) is 5.59. The normalized spacial score (nSPS) is 18.2. The number of carbonyl (C=O) groups is 1. The molecule has 1 unspecified atom stereocenters. The van der Waals surface area contributed by atoms with Crippen molar-refractivity contribution in [2.24, 2.45) is 0 Å². The van der Waals surface area contributed by atoms with Gasteiger partial charge in [0.25, 0.3) is 0 Å². The third-order valence-corrected chi connectivity index (χ3v) is 4.05. The number of aliphatic carboxylic acids is 1. The van der Waals surface area contributed by atoms with Crippen LogP contribution in [-0.2, 0) is 4.79 Å². The van der Waals surface area contributed by atoms with Crippen LogP contribution in [0.25, 0.3) is 10.8 Å². The summed E-state index contributed by atoms with van der Waals surface area (Å²) in [5.41, 5.74) is 1.11. The molecular formula is C16H19N3O2. The molecule has 1 aliphatic rings. The topological polar surface area (TPSA) is 56.7 Å². The maximum Gasteiger partial charge on any atom is 0.326 e. The maximum atomic E-state index is 11.4. The molecule has 5 nitrogen and oxygen atoms in total. The van der Waals surface area contributed by atoms with Gasteiger partial charge >= 0.3 is 5.97 Å². The average Bonchev–Trinajstić information content (AvgIpc) is 2.95. The van der Waals surface area contributed by atoms with E-state index in [-0.39, 0.29) is 0 Å². The zero-order chi connectivity index (χ0) is 15.0. The Balaban J connectivity index is 2.15. The van der Waals surface area contributed by atoms with Crippen LogP contribution in [0, 0.1) is 0 Å². The first-order valence-corrected chi connectivity index (χ1v) is 7.14. The molecule has 5 heteroatoms. The first-order chi connectivity index (χ1) is 10.1. The molecule has 0 aliphatic carbocycles. The Labute approximate surface area is 123 Å². The van der Waals surface area contributed by atoms with E-state index in [1.54, 1.807) is 6.20 Å². The van der Waals surface area contributed by atoms with Crippen molar-refractivity contribution < 1.29 is 9.90 Å². The van der Waals surface area contributed by atoms with E-state index in [9.17, 15) is 9.90 Å². The van der Waals surface area contributed by atoms with Gasteiger partial charge in [0.2, 0.25) is 0 Å². The van der Waals surface area contributed by atoms with E-state index in [0.717, 1.165) is 35.2 Å². The van der Waals surface area contributed by atoms with Crippen LogP contribution in [-0.4, -0.2) is 42.7 Å². The highest BCUT2D eigenvalue weighted by Gasteiger charge is 2.32. The van der Waals surface area contributed by atoms with E-state index < -0.39 is 12.0 Å². The molecule has 21 heavy (non-hydrogen) atoms. The van der Waals surface area contributed by atoms with Crippen LogP contribution in [0.5, 0.6) is 0 Å². The highest BCUT2D eigenvalue weighted by atomic mass is 16.4. The Bertz CT molecular complexity index is 684. The van der Waals surface area contributed by atoms with E-state index >= 15 is 0 Å². The predicted molar refractivity (Wildman–Crippen MR) is 84.1 cm³/mol. The maximum absolute atomic E-state index is 11.4. The molecule has 1 aliphatic heterocycles. The zero-order valence-electron chi connectivity index (χ0n) is 12.3. The largest absolute Gasteiger partial charge is 0.480 e. The molecular weight excluding hydrogens is 266 g/mol. The van der Waals surface area contributed by atoms with Gasteiger partial charge in [-0.3, -0.25) is 0 Å². The lowest BCUT2D eigenvalue weighted by molar-refractivity contribution is -0.138. The fourth-order valence-corrected chi connectivity index (χ4v) is 3.07. The first kappa shape index (κ1) is 13.7. The number of aromatic nitrogens is 1. The van der Waals surface area contributed by atoms with Gasteiger partial charge in [-0.1, -0.05) is 12.1 Å². The molecule has 1 N–H and O–H groups in total. The second kappa shape index (κ2) is 5.24. The van der Waals surface area contributed by atoms with Crippen molar-refractivity contribution >= 4 is 28.2 Å². The SMILES string of the molecule is CN(C)c1cccc2c(N3CCCC3C(=O)O)nccc12. The number of carboxylic acid groups (broad SMARTS) is 1. The number of pyridine rings is 1. The minimum Gasteiger partial charge on any atom is -0.480 e. The summed E-state index contributed by atoms with van der Waals surface area (Å²) in [6.45, 7) is 0.745. The average molecular weight is 285 g/mol. The smallest absolute Gasteiger partial charge is 0.326 e. The van der Waals surface area contributed by atoms with Crippen LogP contribution in [0.4, 0.5) is 11.5 Å². The van der Waals surface area contributed by atoms with E-state index in [1.165, 1.54) is 0 Å². The molecule has 0 amide bonds.